The van der Waals surface area contributed by atoms with Gasteiger partial charge in [0, 0.05) is 43.4 Å². The highest BCUT2D eigenvalue weighted by Gasteiger charge is 2.29. The molecular weight excluding hydrogens is 306 g/mol. The van der Waals surface area contributed by atoms with Gasteiger partial charge in [-0.25, -0.2) is 0 Å². The van der Waals surface area contributed by atoms with Crippen molar-refractivity contribution in [1.82, 2.24) is 25.0 Å². The minimum atomic E-state index is -0.120. The van der Waals surface area contributed by atoms with Crippen molar-refractivity contribution in [3.8, 4) is 11.4 Å². The van der Waals surface area contributed by atoms with E-state index >= 15 is 0 Å². The van der Waals surface area contributed by atoms with Gasteiger partial charge in [-0.3, -0.25) is 14.9 Å². The molecule has 0 unspecified atom stereocenters. The molecule has 1 fully saturated rings. The van der Waals surface area contributed by atoms with Crippen LogP contribution in [0.4, 0.5) is 0 Å². The fraction of sp³-hybridized carbons (Fsp3) is 0.294. The highest BCUT2D eigenvalue weighted by atomic mass is 16.5. The molecule has 3 aromatic heterocycles. The first-order valence-corrected chi connectivity index (χ1v) is 7.87. The molecule has 4 rings (SSSR count). The van der Waals surface area contributed by atoms with Crippen molar-refractivity contribution in [1.29, 1.82) is 0 Å². The summed E-state index contributed by atoms with van der Waals surface area (Å²) in [6.45, 7) is 3.02. The predicted molar refractivity (Wildman–Crippen MR) is 86.0 cm³/mol. The van der Waals surface area contributed by atoms with E-state index in [2.05, 4.69) is 25.0 Å². The Balaban J connectivity index is 1.70. The van der Waals surface area contributed by atoms with Crippen LogP contribution < -0.4 is 0 Å². The number of rotatable bonds is 4. The van der Waals surface area contributed by atoms with Crippen LogP contribution >= 0.6 is 0 Å². The van der Waals surface area contributed by atoms with Crippen LogP contribution in [0.25, 0.3) is 11.4 Å². The number of morpholine rings is 1. The zero-order valence-electron chi connectivity index (χ0n) is 13.1. The summed E-state index contributed by atoms with van der Waals surface area (Å²) in [6.07, 6.45) is 7.03. The lowest BCUT2D eigenvalue weighted by atomic mass is 10.1. The van der Waals surface area contributed by atoms with E-state index in [0.717, 1.165) is 24.2 Å². The van der Waals surface area contributed by atoms with E-state index in [1.54, 1.807) is 18.6 Å². The Labute approximate surface area is 139 Å². The quantitative estimate of drug-likeness (QED) is 0.726. The zero-order chi connectivity index (χ0) is 16.2. The van der Waals surface area contributed by atoms with Crippen LogP contribution in [0.1, 0.15) is 17.5 Å². The second-order valence-corrected chi connectivity index (χ2v) is 5.53. The second kappa shape index (κ2) is 6.86. The number of ether oxygens (including phenoxy) is 1. The van der Waals surface area contributed by atoms with E-state index in [0.29, 0.717) is 24.9 Å². The molecule has 0 aliphatic carbocycles. The van der Waals surface area contributed by atoms with Gasteiger partial charge in [0.05, 0.1) is 13.2 Å². The molecule has 7 heteroatoms. The maximum atomic E-state index is 5.60. The average Bonchev–Trinajstić information content (AvgIpc) is 3.14. The van der Waals surface area contributed by atoms with Crippen LogP contribution in [0.2, 0.25) is 0 Å². The molecular formula is C17H17N5O2. The molecule has 1 aliphatic rings. The molecule has 0 N–H and O–H groups in total. The predicted octanol–water partition coefficient (Wildman–Crippen LogP) is 1.95. The first kappa shape index (κ1) is 14.9. The second-order valence-electron chi connectivity index (χ2n) is 5.53. The largest absolute Gasteiger partial charge is 0.379 e. The standard InChI is InChI=1S/C17H17N5O2/c1-2-14(12-19-5-1)15(22-8-10-23-11-9-22)17-20-16(21-24-17)13-3-6-18-7-4-13/h1-7,12,15H,8-11H2/t15-/m1/s1. The number of nitrogens with zero attached hydrogens (tertiary/aromatic N) is 5. The summed E-state index contributed by atoms with van der Waals surface area (Å²) in [6, 6.07) is 7.56. The van der Waals surface area contributed by atoms with E-state index < -0.39 is 0 Å². The van der Waals surface area contributed by atoms with Gasteiger partial charge in [0.2, 0.25) is 11.7 Å². The summed E-state index contributed by atoms with van der Waals surface area (Å²) in [5, 5.41) is 4.14. The van der Waals surface area contributed by atoms with Gasteiger partial charge in [-0.05, 0) is 23.8 Å². The van der Waals surface area contributed by atoms with Gasteiger partial charge in [0.25, 0.3) is 0 Å². The lowest BCUT2D eigenvalue weighted by Crippen LogP contribution is -2.39. The molecule has 0 radical (unpaired) electrons. The molecule has 0 spiro atoms. The number of hydrogen-bond donors (Lipinski definition) is 0. The van der Waals surface area contributed by atoms with Crippen LogP contribution in [0.15, 0.2) is 53.6 Å². The molecule has 7 nitrogen and oxygen atoms in total. The van der Waals surface area contributed by atoms with Crippen LogP contribution in [0, 0.1) is 0 Å². The minimum Gasteiger partial charge on any atom is -0.379 e. The van der Waals surface area contributed by atoms with Gasteiger partial charge in [0.15, 0.2) is 0 Å². The topological polar surface area (TPSA) is 77.2 Å². The summed E-state index contributed by atoms with van der Waals surface area (Å²) in [5.41, 5.74) is 1.91. The molecule has 24 heavy (non-hydrogen) atoms. The highest BCUT2D eigenvalue weighted by molar-refractivity contribution is 5.52. The Morgan fingerprint density at radius 2 is 1.83 bits per heavy atom. The monoisotopic (exact) mass is 323 g/mol. The van der Waals surface area contributed by atoms with Gasteiger partial charge >= 0.3 is 0 Å². The zero-order valence-corrected chi connectivity index (χ0v) is 13.1. The molecule has 0 aromatic carbocycles. The summed E-state index contributed by atoms with van der Waals surface area (Å²) in [5.74, 6) is 1.13. The fourth-order valence-corrected chi connectivity index (χ4v) is 2.85. The molecule has 122 valence electrons. The molecule has 0 amide bonds. The van der Waals surface area contributed by atoms with Crippen molar-refractivity contribution in [2.24, 2.45) is 0 Å². The summed E-state index contributed by atoms with van der Waals surface area (Å²) in [7, 11) is 0. The van der Waals surface area contributed by atoms with E-state index in [4.69, 9.17) is 9.26 Å². The summed E-state index contributed by atoms with van der Waals surface area (Å²) < 4.78 is 11.1. The van der Waals surface area contributed by atoms with Crippen molar-refractivity contribution >= 4 is 0 Å². The third-order valence-corrected chi connectivity index (χ3v) is 4.03. The number of aromatic nitrogens is 4. The highest BCUT2D eigenvalue weighted by Crippen LogP contribution is 2.29. The van der Waals surface area contributed by atoms with Crippen LogP contribution in [-0.2, 0) is 4.74 Å². The van der Waals surface area contributed by atoms with E-state index in [1.807, 2.05) is 30.5 Å². The molecule has 1 saturated heterocycles. The Morgan fingerprint density at radius 1 is 1.00 bits per heavy atom. The maximum absolute atomic E-state index is 5.60. The normalized spacial score (nSPS) is 16.8. The van der Waals surface area contributed by atoms with Crippen LogP contribution in [0.3, 0.4) is 0 Å². The van der Waals surface area contributed by atoms with Gasteiger partial charge in [-0.1, -0.05) is 11.2 Å². The van der Waals surface area contributed by atoms with Gasteiger partial charge < -0.3 is 9.26 Å². The van der Waals surface area contributed by atoms with Crippen molar-refractivity contribution in [2.75, 3.05) is 26.3 Å². The first-order valence-electron chi connectivity index (χ1n) is 7.87. The first-order chi connectivity index (χ1) is 11.9. The van der Waals surface area contributed by atoms with Gasteiger partial charge in [-0.15, -0.1) is 0 Å². The van der Waals surface area contributed by atoms with E-state index in [1.165, 1.54) is 0 Å². The van der Waals surface area contributed by atoms with Crippen LogP contribution in [-0.4, -0.2) is 51.3 Å². The average molecular weight is 323 g/mol. The third kappa shape index (κ3) is 3.04. The van der Waals surface area contributed by atoms with Crippen molar-refractivity contribution in [3.05, 3.63) is 60.5 Å². The lowest BCUT2D eigenvalue weighted by Gasteiger charge is -2.32. The SMILES string of the molecule is c1cncc([C@H](c2nc(-c3ccncc3)no2)N2CCOCC2)c1. The number of pyridine rings is 2. The summed E-state index contributed by atoms with van der Waals surface area (Å²) in [4.78, 5) is 15.2. The molecule has 1 atom stereocenters. The lowest BCUT2D eigenvalue weighted by molar-refractivity contribution is 0.0180. The van der Waals surface area contributed by atoms with E-state index in [-0.39, 0.29) is 6.04 Å². The fourth-order valence-electron chi connectivity index (χ4n) is 2.85. The van der Waals surface area contributed by atoms with Crippen molar-refractivity contribution in [2.45, 2.75) is 6.04 Å². The third-order valence-electron chi connectivity index (χ3n) is 4.03. The molecule has 3 aromatic rings. The summed E-state index contributed by atoms with van der Waals surface area (Å²) >= 11 is 0. The van der Waals surface area contributed by atoms with Crippen molar-refractivity contribution in [3.63, 3.8) is 0 Å². The smallest absolute Gasteiger partial charge is 0.248 e. The molecule has 1 aliphatic heterocycles. The Morgan fingerprint density at radius 3 is 2.58 bits per heavy atom. The van der Waals surface area contributed by atoms with Crippen LogP contribution in [0.5, 0.6) is 0 Å². The minimum absolute atomic E-state index is 0.120. The Kier molecular flexibility index (Phi) is 4.26. The number of hydrogen-bond acceptors (Lipinski definition) is 7. The van der Waals surface area contributed by atoms with Gasteiger partial charge in [0.1, 0.15) is 6.04 Å². The van der Waals surface area contributed by atoms with Gasteiger partial charge in [-0.2, -0.15) is 4.98 Å². The molecule has 0 bridgehead atoms. The van der Waals surface area contributed by atoms with Crippen molar-refractivity contribution < 1.29 is 9.26 Å². The Hall–Kier alpha value is -2.64. The molecule has 0 saturated carbocycles. The molecule has 4 heterocycles. The maximum Gasteiger partial charge on any atom is 0.248 e. The van der Waals surface area contributed by atoms with E-state index in [9.17, 15) is 0 Å². The Bertz CT molecular complexity index is 772.